The molecule has 4 rings (SSSR count). The molecule has 4 aromatic rings. The molecule has 2 aromatic carbocycles. The Morgan fingerprint density at radius 2 is 1.00 bits per heavy atom. The summed E-state index contributed by atoms with van der Waals surface area (Å²) in [6.07, 6.45) is 0. The molecule has 0 fully saturated rings. The van der Waals surface area contributed by atoms with E-state index < -0.39 is 0 Å². The van der Waals surface area contributed by atoms with Crippen LogP contribution >= 0.6 is 21.6 Å². The number of imidazole rings is 2. The van der Waals surface area contributed by atoms with Gasteiger partial charge in [0.25, 0.3) is 0 Å². The number of aromatic nitrogens is 4. The lowest BCUT2D eigenvalue weighted by molar-refractivity contribution is 1.08. The first kappa shape index (κ1) is 15.6. The largest absolute Gasteiger partial charge is 0.332 e. The van der Waals surface area contributed by atoms with Crippen LogP contribution in [-0.2, 0) is 0 Å². The van der Waals surface area contributed by atoms with Gasteiger partial charge in [-0.25, -0.2) is 9.97 Å². The lowest BCUT2D eigenvalue weighted by Crippen LogP contribution is -1.79. The number of hydrogen-bond acceptors (Lipinski definition) is 4. The molecule has 0 aliphatic rings. The Morgan fingerprint density at radius 3 is 1.42 bits per heavy atom. The number of benzene rings is 2. The van der Waals surface area contributed by atoms with Crippen LogP contribution in [0.5, 0.6) is 0 Å². The highest BCUT2D eigenvalue weighted by Gasteiger charge is 2.09. The van der Waals surface area contributed by atoms with E-state index in [4.69, 9.17) is 0 Å². The van der Waals surface area contributed by atoms with E-state index in [1.165, 1.54) is 22.3 Å². The summed E-state index contributed by atoms with van der Waals surface area (Å²) < 4.78 is 0. The van der Waals surface area contributed by atoms with Crippen molar-refractivity contribution in [1.29, 1.82) is 0 Å². The summed E-state index contributed by atoms with van der Waals surface area (Å²) in [4.78, 5) is 16.1. The first-order valence-electron chi connectivity index (χ1n) is 7.78. The van der Waals surface area contributed by atoms with E-state index in [9.17, 15) is 0 Å². The molecule has 4 nitrogen and oxygen atoms in total. The number of hydrogen-bond donors (Lipinski definition) is 2. The lowest BCUT2D eigenvalue weighted by Gasteiger charge is -1.97. The molecule has 0 aliphatic carbocycles. The fourth-order valence-corrected chi connectivity index (χ4v) is 4.33. The minimum absolute atomic E-state index is 0.896. The molecule has 0 unspecified atom stereocenters. The Morgan fingerprint density at radius 1 is 0.625 bits per heavy atom. The van der Waals surface area contributed by atoms with Crippen LogP contribution in [-0.4, -0.2) is 19.9 Å². The minimum Gasteiger partial charge on any atom is -0.332 e. The average Bonchev–Trinajstić information content (AvgIpc) is 3.09. The molecular formula is C18H18N4S2. The zero-order valence-electron chi connectivity index (χ0n) is 14.0. The molecule has 24 heavy (non-hydrogen) atoms. The van der Waals surface area contributed by atoms with Crippen molar-refractivity contribution in [2.75, 3.05) is 0 Å². The molecular weight excluding hydrogens is 336 g/mol. The molecule has 2 heterocycles. The summed E-state index contributed by atoms with van der Waals surface area (Å²) in [5.41, 5.74) is 9.27. The number of fused-ring (bicyclic) bond motifs is 2. The van der Waals surface area contributed by atoms with Gasteiger partial charge in [0.1, 0.15) is 0 Å². The number of rotatable bonds is 3. The molecule has 0 spiro atoms. The normalized spacial score (nSPS) is 11.7. The number of aromatic amines is 2. The minimum atomic E-state index is 0.896. The summed E-state index contributed by atoms with van der Waals surface area (Å²) in [6.45, 7) is 8.47. The van der Waals surface area contributed by atoms with Crippen LogP contribution in [0.25, 0.3) is 22.1 Å². The van der Waals surface area contributed by atoms with E-state index >= 15 is 0 Å². The smallest absolute Gasteiger partial charge is 0.177 e. The summed E-state index contributed by atoms with van der Waals surface area (Å²) >= 11 is 0. The topological polar surface area (TPSA) is 57.4 Å². The molecule has 0 saturated carbocycles. The lowest BCUT2D eigenvalue weighted by atomic mass is 10.1. The van der Waals surface area contributed by atoms with Crippen LogP contribution in [0.3, 0.4) is 0 Å². The van der Waals surface area contributed by atoms with Crippen LogP contribution < -0.4 is 0 Å². The molecule has 122 valence electrons. The van der Waals surface area contributed by atoms with Crippen LogP contribution in [0.2, 0.25) is 0 Å². The van der Waals surface area contributed by atoms with Gasteiger partial charge < -0.3 is 9.97 Å². The number of nitrogens with zero attached hydrogens (tertiary/aromatic N) is 2. The fraction of sp³-hybridized carbons (Fsp3) is 0.222. The number of nitrogens with one attached hydrogen (secondary N) is 2. The summed E-state index contributed by atoms with van der Waals surface area (Å²) in [5.74, 6) is 0. The van der Waals surface area contributed by atoms with E-state index in [1.54, 1.807) is 21.6 Å². The van der Waals surface area contributed by atoms with E-state index in [2.05, 4.69) is 71.9 Å². The Labute approximate surface area is 148 Å². The zero-order chi connectivity index (χ0) is 16.8. The van der Waals surface area contributed by atoms with E-state index in [0.717, 1.165) is 32.4 Å². The van der Waals surface area contributed by atoms with E-state index in [-0.39, 0.29) is 0 Å². The van der Waals surface area contributed by atoms with Gasteiger partial charge in [0.2, 0.25) is 0 Å². The molecule has 0 bridgehead atoms. The molecule has 0 saturated heterocycles. The Balaban J connectivity index is 1.58. The van der Waals surface area contributed by atoms with Crippen molar-refractivity contribution in [3.8, 4) is 0 Å². The molecule has 0 aliphatic heterocycles. The van der Waals surface area contributed by atoms with E-state index in [0.29, 0.717) is 0 Å². The van der Waals surface area contributed by atoms with Crippen LogP contribution in [0.1, 0.15) is 22.3 Å². The number of H-pyrrole nitrogens is 2. The highest BCUT2D eigenvalue weighted by Crippen LogP contribution is 2.36. The van der Waals surface area contributed by atoms with Crippen LogP contribution in [0.4, 0.5) is 0 Å². The van der Waals surface area contributed by atoms with Gasteiger partial charge in [0.15, 0.2) is 10.3 Å². The Kier molecular flexibility index (Phi) is 3.81. The highest BCUT2D eigenvalue weighted by molar-refractivity contribution is 8.76. The molecule has 0 radical (unpaired) electrons. The van der Waals surface area contributed by atoms with Crippen molar-refractivity contribution >= 4 is 43.7 Å². The quantitative estimate of drug-likeness (QED) is 0.479. The standard InChI is InChI=1S/C18H18N4S2/c1-9-5-13-14(6-10(9)2)20-17(19-13)23-24-18-21-15-7-11(3)12(4)8-16(15)22-18/h5-8H,1-4H3,(H,19,20)(H,21,22). The molecule has 0 amide bonds. The van der Waals surface area contributed by atoms with Gasteiger partial charge in [-0.2, -0.15) is 0 Å². The van der Waals surface area contributed by atoms with Crippen molar-refractivity contribution in [3.05, 3.63) is 46.5 Å². The fourth-order valence-electron chi connectivity index (χ4n) is 2.65. The van der Waals surface area contributed by atoms with Gasteiger partial charge in [-0.15, -0.1) is 0 Å². The molecule has 2 aromatic heterocycles. The van der Waals surface area contributed by atoms with Crippen molar-refractivity contribution in [3.63, 3.8) is 0 Å². The zero-order valence-corrected chi connectivity index (χ0v) is 15.7. The SMILES string of the molecule is Cc1cc2nc(SSc3nc4cc(C)c(C)cc4[nH]3)[nH]c2cc1C. The van der Waals surface area contributed by atoms with Gasteiger partial charge in [-0.05, 0) is 95.8 Å². The van der Waals surface area contributed by atoms with Gasteiger partial charge in [0, 0.05) is 0 Å². The maximum absolute atomic E-state index is 4.66. The highest BCUT2D eigenvalue weighted by atomic mass is 33.1. The number of aryl methyl sites for hydroxylation is 4. The van der Waals surface area contributed by atoms with Crippen LogP contribution in [0, 0.1) is 27.7 Å². The first-order valence-corrected chi connectivity index (χ1v) is 9.93. The maximum atomic E-state index is 4.66. The third kappa shape index (κ3) is 2.80. The Hall–Kier alpha value is -1.92. The Bertz CT molecular complexity index is 898. The molecule has 0 atom stereocenters. The van der Waals surface area contributed by atoms with Gasteiger partial charge in [-0.1, -0.05) is 0 Å². The second kappa shape index (κ2) is 5.86. The predicted octanol–water partition coefficient (Wildman–Crippen LogP) is 5.47. The second-order valence-electron chi connectivity index (χ2n) is 6.16. The predicted molar refractivity (Wildman–Crippen MR) is 103 cm³/mol. The first-order chi connectivity index (χ1) is 11.5. The third-order valence-electron chi connectivity index (χ3n) is 4.35. The van der Waals surface area contributed by atoms with Gasteiger partial charge >= 0.3 is 0 Å². The van der Waals surface area contributed by atoms with Crippen molar-refractivity contribution in [1.82, 2.24) is 19.9 Å². The van der Waals surface area contributed by atoms with Gasteiger partial charge in [-0.3, -0.25) is 0 Å². The van der Waals surface area contributed by atoms with E-state index in [1.807, 2.05) is 0 Å². The van der Waals surface area contributed by atoms with Gasteiger partial charge in [0.05, 0.1) is 22.1 Å². The average molecular weight is 355 g/mol. The summed E-state index contributed by atoms with van der Waals surface area (Å²) in [6, 6.07) is 8.56. The molecule has 2 N–H and O–H groups in total. The third-order valence-corrected chi connectivity index (χ3v) is 6.33. The van der Waals surface area contributed by atoms with Crippen molar-refractivity contribution in [2.45, 2.75) is 38.0 Å². The maximum Gasteiger partial charge on any atom is 0.177 e. The second-order valence-corrected chi connectivity index (χ2v) is 8.26. The van der Waals surface area contributed by atoms with Crippen molar-refractivity contribution < 1.29 is 0 Å². The van der Waals surface area contributed by atoms with Crippen molar-refractivity contribution in [2.24, 2.45) is 0 Å². The summed E-state index contributed by atoms with van der Waals surface area (Å²) in [5, 5.41) is 1.79. The van der Waals surface area contributed by atoms with Crippen LogP contribution in [0.15, 0.2) is 34.6 Å². The monoisotopic (exact) mass is 354 g/mol. The molecule has 6 heteroatoms. The summed E-state index contributed by atoms with van der Waals surface area (Å²) in [7, 11) is 3.18.